The molecule has 0 atom stereocenters. The van der Waals surface area contributed by atoms with Crippen molar-refractivity contribution in [2.24, 2.45) is 0 Å². The zero-order chi connectivity index (χ0) is 17.3. The Balaban J connectivity index is 2.27. The average Bonchev–Trinajstić information content (AvgIpc) is 3.00. The minimum absolute atomic E-state index is 0.0264. The van der Waals surface area contributed by atoms with Gasteiger partial charge >= 0.3 is 0 Å². The standard InChI is InChI=1S/C17H12FNO4S/c18-16-7-2-1-6-15(16)17-8-12(11-20)10-19(17)24(22,23)14-5-3-4-13(21)9-14/h1-11,21H. The Bertz CT molecular complexity index is 1020. The molecule has 1 aromatic heterocycles. The van der Waals surface area contributed by atoms with E-state index in [1.807, 2.05) is 0 Å². The molecule has 24 heavy (non-hydrogen) atoms. The molecule has 0 saturated carbocycles. The van der Waals surface area contributed by atoms with Crippen LogP contribution in [0.25, 0.3) is 11.3 Å². The predicted octanol–water partition coefficient (Wildman–Crippen LogP) is 3.05. The SMILES string of the molecule is O=Cc1cc(-c2ccccc2F)n(S(=O)(=O)c2cccc(O)c2)c1. The number of halogens is 1. The van der Waals surface area contributed by atoms with Gasteiger partial charge in [0.15, 0.2) is 6.29 Å². The fourth-order valence-electron chi connectivity index (χ4n) is 2.35. The largest absolute Gasteiger partial charge is 0.508 e. The molecule has 0 aliphatic heterocycles. The molecule has 7 heteroatoms. The van der Waals surface area contributed by atoms with Gasteiger partial charge in [0.25, 0.3) is 10.0 Å². The van der Waals surface area contributed by atoms with Gasteiger partial charge in [-0.05, 0) is 30.3 Å². The highest BCUT2D eigenvalue weighted by Crippen LogP contribution is 2.29. The monoisotopic (exact) mass is 345 g/mol. The van der Waals surface area contributed by atoms with E-state index in [0.29, 0.717) is 6.29 Å². The molecular weight excluding hydrogens is 333 g/mol. The molecule has 3 rings (SSSR count). The first-order chi connectivity index (χ1) is 11.4. The number of phenolic OH excluding ortho intramolecular Hbond substituents is 1. The lowest BCUT2D eigenvalue weighted by Gasteiger charge is -2.11. The summed E-state index contributed by atoms with van der Waals surface area (Å²) >= 11 is 0. The zero-order valence-electron chi connectivity index (χ0n) is 12.3. The van der Waals surface area contributed by atoms with Crippen LogP contribution < -0.4 is 0 Å². The van der Waals surface area contributed by atoms with Gasteiger partial charge in [0.05, 0.1) is 10.6 Å². The smallest absolute Gasteiger partial charge is 0.268 e. The first-order valence-electron chi connectivity index (χ1n) is 6.90. The van der Waals surface area contributed by atoms with Gasteiger partial charge in [0.2, 0.25) is 0 Å². The van der Waals surface area contributed by atoms with Crippen molar-refractivity contribution < 1.29 is 22.7 Å². The van der Waals surface area contributed by atoms with Crippen molar-refractivity contribution in [2.45, 2.75) is 4.90 Å². The Hall–Kier alpha value is -2.93. The molecule has 0 aliphatic rings. The topological polar surface area (TPSA) is 76.4 Å². The molecule has 0 saturated heterocycles. The van der Waals surface area contributed by atoms with Crippen molar-refractivity contribution in [3.63, 3.8) is 0 Å². The number of aromatic nitrogens is 1. The first-order valence-corrected chi connectivity index (χ1v) is 8.34. The molecule has 0 fully saturated rings. The maximum atomic E-state index is 14.1. The number of nitrogens with zero attached hydrogens (tertiary/aromatic N) is 1. The third kappa shape index (κ3) is 2.69. The van der Waals surface area contributed by atoms with E-state index in [1.54, 1.807) is 6.07 Å². The van der Waals surface area contributed by atoms with Gasteiger partial charge in [0.1, 0.15) is 11.6 Å². The van der Waals surface area contributed by atoms with Crippen LogP contribution in [0.1, 0.15) is 10.4 Å². The number of carbonyl (C=O) groups excluding carboxylic acids is 1. The summed E-state index contributed by atoms with van der Waals surface area (Å²) in [6.45, 7) is 0. The highest BCUT2D eigenvalue weighted by Gasteiger charge is 2.23. The van der Waals surface area contributed by atoms with Crippen LogP contribution in [0.2, 0.25) is 0 Å². The molecular formula is C17H12FNO4S. The fourth-order valence-corrected chi connectivity index (χ4v) is 3.77. The molecule has 0 spiro atoms. The molecule has 0 aliphatic carbocycles. The van der Waals surface area contributed by atoms with Gasteiger partial charge in [0, 0.05) is 23.4 Å². The number of rotatable bonds is 4. The summed E-state index contributed by atoms with van der Waals surface area (Å²) in [7, 11) is -4.12. The third-order valence-corrected chi connectivity index (χ3v) is 5.14. The molecule has 122 valence electrons. The Morgan fingerprint density at radius 3 is 2.46 bits per heavy atom. The summed E-state index contributed by atoms with van der Waals surface area (Å²) in [4.78, 5) is 10.9. The summed E-state index contributed by atoms with van der Waals surface area (Å²) in [5, 5.41) is 9.52. The second-order valence-electron chi connectivity index (χ2n) is 5.05. The van der Waals surface area contributed by atoms with Gasteiger partial charge < -0.3 is 5.11 Å². The molecule has 0 unspecified atom stereocenters. The van der Waals surface area contributed by atoms with E-state index in [9.17, 15) is 22.7 Å². The lowest BCUT2D eigenvalue weighted by atomic mass is 10.1. The van der Waals surface area contributed by atoms with Crippen LogP contribution in [0.3, 0.4) is 0 Å². The zero-order valence-corrected chi connectivity index (χ0v) is 13.1. The average molecular weight is 345 g/mol. The summed E-state index contributed by atoms with van der Waals surface area (Å²) in [5.41, 5.74) is 0.171. The minimum atomic E-state index is -4.12. The van der Waals surface area contributed by atoms with Gasteiger partial charge in [-0.1, -0.05) is 18.2 Å². The van der Waals surface area contributed by atoms with Gasteiger partial charge in [-0.3, -0.25) is 4.79 Å². The van der Waals surface area contributed by atoms with Crippen molar-refractivity contribution in [2.75, 3.05) is 0 Å². The van der Waals surface area contributed by atoms with Gasteiger partial charge in [-0.25, -0.2) is 16.8 Å². The number of aromatic hydroxyl groups is 1. The molecule has 0 amide bonds. The first kappa shape index (κ1) is 15.9. The second kappa shape index (κ2) is 5.93. The molecule has 0 radical (unpaired) electrons. The summed E-state index contributed by atoms with van der Waals surface area (Å²) in [5.74, 6) is -0.827. The van der Waals surface area contributed by atoms with E-state index in [0.717, 1.165) is 16.2 Å². The van der Waals surface area contributed by atoms with Crippen LogP contribution in [0.4, 0.5) is 4.39 Å². The molecule has 5 nitrogen and oxygen atoms in total. The maximum Gasteiger partial charge on any atom is 0.268 e. The Morgan fingerprint density at radius 1 is 1.04 bits per heavy atom. The van der Waals surface area contributed by atoms with E-state index in [-0.39, 0.29) is 27.5 Å². The van der Waals surface area contributed by atoms with E-state index in [2.05, 4.69) is 0 Å². The second-order valence-corrected chi connectivity index (χ2v) is 6.87. The lowest BCUT2D eigenvalue weighted by Crippen LogP contribution is -2.13. The Labute approximate surface area is 137 Å². The van der Waals surface area contributed by atoms with Crippen LogP contribution in [0, 0.1) is 5.82 Å². The number of hydrogen-bond donors (Lipinski definition) is 1. The number of carbonyl (C=O) groups is 1. The van der Waals surface area contributed by atoms with Crippen molar-refractivity contribution in [1.82, 2.24) is 3.97 Å². The van der Waals surface area contributed by atoms with Crippen LogP contribution >= 0.6 is 0 Å². The molecule has 3 aromatic rings. The van der Waals surface area contributed by atoms with Crippen LogP contribution in [-0.4, -0.2) is 23.8 Å². The van der Waals surface area contributed by atoms with Crippen LogP contribution in [-0.2, 0) is 10.0 Å². The number of phenols is 1. The quantitative estimate of drug-likeness (QED) is 0.738. The van der Waals surface area contributed by atoms with E-state index in [4.69, 9.17) is 0 Å². The van der Waals surface area contributed by atoms with Gasteiger partial charge in [-0.2, -0.15) is 0 Å². The summed E-state index contributed by atoms with van der Waals surface area (Å²) < 4.78 is 40.6. The van der Waals surface area contributed by atoms with E-state index >= 15 is 0 Å². The fraction of sp³-hybridized carbons (Fsp3) is 0. The Morgan fingerprint density at radius 2 is 1.79 bits per heavy atom. The highest BCUT2D eigenvalue weighted by atomic mass is 32.2. The predicted molar refractivity (Wildman–Crippen MR) is 85.9 cm³/mol. The van der Waals surface area contributed by atoms with Crippen molar-refractivity contribution in [1.29, 1.82) is 0 Å². The molecule has 2 aromatic carbocycles. The highest BCUT2D eigenvalue weighted by molar-refractivity contribution is 7.90. The van der Waals surface area contributed by atoms with Crippen molar-refractivity contribution >= 4 is 16.3 Å². The lowest BCUT2D eigenvalue weighted by molar-refractivity contribution is 0.112. The third-order valence-electron chi connectivity index (χ3n) is 3.47. The molecule has 0 bridgehead atoms. The number of benzene rings is 2. The minimum Gasteiger partial charge on any atom is -0.508 e. The maximum absolute atomic E-state index is 14.1. The summed E-state index contributed by atoms with van der Waals surface area (Å²) in [6.07, 6.45) is 1.60. The van der Waals surface area contributed by atoms with E-state index in [1.165, 1.54) is 42.5 Å². The van der Waals surface area contributed by atoms with Crippen LogP contribution in [0.5, 0.6) is 5.75 Å². The number of hydrogen-bond acceptors (Lipinski definition) is 4. The van der Waals surface area contributed by atoms with Crippen LogP contribution in [0.15, 0.2) is 65.7 Å². The number of aldehydes is 1. The summed E-state index contributed by atoms with van der Waals surface area (Å²) in [6, 6.07) is 12.1. The van der Waals surface area contributed by atoms with Crippen molar-refractivity contribution in [3.8, 4) is 17.0 Å². The molecule has 1 heterocycles. The van der Waals surface area contributed by atoms with Gasteiger partial charge in [-0.15, -0.1) is 0 Å². The normalized spacial score (nSPS) is 11.4. The van der Waals surface area contributed by atoms with Crippen molar-refractivity contribution in [3.05, 3.63) is 72.2 Å². The molecule has 1 N–H and O–H groups in total. The Kier molecular flexibility index (Phi) is 3.94. The van der Waals surface area contributed by atoms with E-state index < -0.39 is 15.8 Å².